The number of nitrogens with zero attached hydrogens (tertiary/aromatic N) is 4. The van der Waals surface area contributed by atoms with Crippen molar-refractivity contribution in [3.8, 4) is 5.75 Å². The van der Waals surface area contributed by atoms with Crippen molar-refractivity contribution in [3.05, 3.63) is 42.0 Å². The molecule has 1 aliphatic heterocycles. The van der Waals surface area contributed by atoms with Crippen molar-refractivity contribution in [2.45, 2.75) is 45.4 Å². The number of hydrogen-bond acceptors (Lipinski definition) is 5. The van der Waals surface area contributed by atoms with E-state index in [1.165, 1.54) is 0 Å². The average molecular weight is 344 g/mol. The Balaban J connectivity index is 1.63. The highest BCUT2D eigenvalue weighted by atomic mass is 16.5. The predicted molar refractivity (Wildman–Crippen MR) is 96.5 cm³/mol. The fourth-order valence-corrected chi connectivity index (χ4v) is 3.37. The smallest absolute Gasteiger partial charge is 0.146 e. The van der Waals surface area contributed by atoms with Crippen LogP contribution < -0.4 is 4.74 Å². The third-order valence-electron chi connectivity index (χ3n) is 4.47. The van der Waals surface area contributed by atoms with Gasteiger partial charge in [-0.15, -0.1) is 10.2 Å². The van der Waals surface area contributed by atoms with Crippen LogP contribution in [-0.4, -0.2) is 51.1 Å². The quantitative estimate of drug-likeness (QED) is 0.806. The Morgan fingerprint density at radius 1 is 1.20 bits per heavy atom. The van der Waals surface area contributed by atoms with Crippen LogP contribution in [-0.2, 0) is 24.8 Å². The van der Waals surface area contributed by atoms with Gasteiger partial charge in [0.1, 0.15) is 30.1 Å². The number of para-hydroxylation sites is 1. The van der Waals surface area contributed by atoms with Crippen LogP contribution in [0.4, 0.5) is 0 Å². The molecule has 6 nitrogen and oxygen atoms in total. The van der Waals surface area contributed by atoms with Crippen molar-refractivity contribution in [1.29, 1.82) is 0 Å². The van der Waals surface area contributed by atoms with Gasteiger partial charge in [-0.2, -0.15) is 0 Å². The highest BCUT2D eigenvalue weighted by Crippen LogP contribution is 2.23. The zero-order chi connectivity index (χ0) is 17.9. The number of aryl methyl sites for hydroxylation is 1. The lowest BCUT2D eigenvalue weighted by atomic mass is 10.1. The number of rotatable bonds is 6. The molecule has 1 atom stereocenters. The van der Waals surface area contributed by atoms with Gasteiger partial charge in [-0.05, 0) is 26.0 Å². The summed E-state index contributed by atoms with van der Waals surface area (Å²) in [6.45, 7) is 9.36. The zero-order valence-electron chi connectivity index (χ0n) is 15.6. The molecule has 1 aliphatic rings. The van der Waals surface area contributed by atoms with Crippen molar-refractivity contribution in [3.63, 3.8) is 0 Å². The molecule has 1 fully saturated rings. The summed E-state index contributed by atoms with van der Waals surface area (Å²) in [7, 11) is 2.04. The van der Waals surface area contributed by atoms with Crippen molar-refractivity contribution >= 4 is 0 Å². The van der Waals surface area contributed by atoms with E-state index in [0.717, 1.165) is 43.5 Å². The number of benzene rings is 1. The molecule has 136 valence electrons. The summed E-state index contributed by atoms with van der Waals surface area (Å²) in [4.78, 5) is 2.38. The van der Waals surface area contributed by atoms with Crippen LogP contribution in [0.2, 0.25) is 0 Å². The Bertz CT molecular complexity index is 684. The van der Waals surface area contributed by atoms with Crippen LogP contribution >= 0.6 is 0 Å². The largest absolute Gasteiger partial charge is 0.491 e. The minimum atomic E-state index is -0.213. The molecule has 1 aromatic carbocycles. The van der Waals surface area contributed by atoms with Crippen molar-refractivity contribution in [2.75, 3.05) is 19.7 Å². The van der Waals surface area contributed by atoms with Gasteiger partial charge in [0.15, 0.2) is 0 Å². The summed E-state index contributed by atoms with van der Waals surface area (Å²) in [5, 5.41) is 8.61. The van der Waals surface area contributed by atoms with E-state index in [9.17, 15) is 0 Å². The molecule has 2 heterocycles. The lowest BCUT2D eigenvalue weighted by molar-refractivity contribution is -0.148. The zero-order valence-corrected chi connectivity index (χ0v) is 15.6. The van der Waals surface area contributed by atoms with E-state index in [4.69, 9.17) is 9.47 Å². The van der Waals surface area contributed by atoms with E-state index in [2.05, 4.69) is 40.4 Å². The number of morpholine rings is 1. The van der Waals surface area contributed by atoms with E-state index in [-0.39, 0.29) is 11.7 Å². The second-order valence-corrected chi connectivity index (χ2v) is 7.24. The molecule has 6 heteroatoms. The minimum absolute atomic E-state index is 0.0304. The Labute approximate surface area is 149 Å². The molecule has 25 heavy (non-hydrogen) atoms. The number of ether oxygens (including phenoxy) is 2. The number of hydrogen-bond donors (Lipinski definition) is 0. The first kappa shape index (κ1) is 17.9. The molecule has 0 saturated carbocycles. The second-order valence-electron chi connectivity index (χ2n) is 7.24. The van der Waals surface area contributed by atoms with Gasteiger partial charge in [-0.1, -0.05) is 25.1 Å². The first-order valence-corrected chi connectivity index (χ1v) is 8.92. The van der Waals surface area contributed by atoms with E-state index in [1.54, 1.807) is 0 Å². The standard InChI is InChI=1S/C19H28N4O2/c1-5-17-20-21-18(22(17)4)12-23-11-16(25-19(2,3)14-23)13-24-15-9-7-6-8-10-15/h6-10,16H,5,11-14H2,1-4H3/t16-/m1/s1. The van der Waals surface area contributed by atoms with Gasteiger partial charge in [0, 0.05) is 26.6 Å². The Hall–Kier alpha value is -1.92. The van der Waals surface area contributed by atoms with E-state index < -0.39 is 0 Å². The second kappa shape index (κ2) is 7.54. The molecule has 0 radical (unpaired) electrons. The highest BCUT2D eigenvalue weighted by Gasteiger charge is 2.34. The molecule has 0 spiro atoms. The molecule has 1 saturated heterocycles. The SMILES string of the molecule is CCc1nnc(CN2C[C@H](COc3ccccc3)OC(C)(C)C2)n1C. The number of aromatic nitrogens is 3. The lowest BCUT2D eigenvalue weighted by Gasteiger charge is -2.42. The average Bonchev–Trinajstić information content (AvgIpc) is 2.92. The van der Waals surface area contributed by atoms with Crippen LogP contribution in [0, 0.1) is 0 Å². The summed E-state index contributed by atoms with van der Waals surface area (Å²) >= 11 is 0. The monoisotopic (exact) mass is 344 g/mol. The van der Waals surface area contributed by atoms with Gasteiger partial charge >= 0.3 is 0 Å². The molecular formula is C19H28N4O2. The van der Waals surface area contributed by atoms with Crippen LogP contribution in [0.5, 0.6) is 5.75 Å². The predicted octanol–water partition coefficient (Wildman–Crippen LogP) is 2.44. The van der Waals surface area contributed by atoms with Gasteiger partial charge in [0.05, 0.1) is 12.1 Å². The topological polar surface area (TPSA) is 52.4 Å². The van der Waals surface area contributed by atoms with Crippen molar-refractivity contribution in [2.24, 2.45) is 7.05 Å². The fraction of sp³-hybridized carbons (Fsp3) is 0.579. The molecule has 0 N–H and O–H groups in total. The maximum atomic E-state index is 6.21. The highest BCUT2D eigenvalue weighted by molar-refractivity contribution is 5.20. The van der Waals surface area contributed by atoms with Crippen molar-refractivity contribution < 1.29 is 9.47 Å². The maximum absolute atomic E-state index is 6.21. The third-order valence-corrected chi connectivity index (χ3v) is 4.47. The van der Waals surface area contributed by atoms with E-state index in [0.29, 0.717) is 6.61 Å². The van der Waals surface area contributed by atoms with E-state index in [1.807, 2.05) is 37.4 Å². The molecule has 0 unspecified atom stereocenters. The molecule has 3 rings (SSSR count). The summed E-state index contributed by atoms with van der Waals surface area (Å²) in [6.07, 6.45) is 0.925. The third kappa shape index (κ3) is 4.58. The Kier molecular flexibility index (Phi) is 5.39. The van der Waals surface area contributed by atoms with Crippen LogP contribution in [0.15, 0.2) is 30.3 Å². The van der Waals surface area contributed by atoms with E-state index >= 15 is 0 Å². The van der Waals surface area contributed by atoms with Crippen LogP contribution in [0.3, 0.4) is 0 Å². The molecular weight excluding hydrogens is 316 g/mol. The van der Waals surface area contributed by atoms with Gasteiger partial charge in [0.25, 0.3) is 0 Å². The maximum Gasteiger partial charge on any atom is 0.146 e. The summed E-state index contributed by atoms with van der Waals surface area (Å²) in [5.74, 6) is 2.89. The summed E-state index contributed by atoms with van der Waals surface area (Å²) < 4.78 is 14.2. The lowest BCUT2D eigenvalue weighted by Crippen LogP contribution is -2.54. The van der Waals surface area contributed by atoms with Gasteiger partial charge in [-0.25, -0.2) is 0 Å². The molecule has 0 amide bonds. The van der Waals surface area contributed by atoms with Gasteiger partial charge < -0.3 is 14.0 Å². The fourth-order valence-electron chi connectivity index (χ4n) is 3.37. The normalized spacial score (nSPS) is 20.6. The molecule has 2 aromatic rings. The first-order valence-electron chi connectivity index (χ1n) is 8.92. The van der Waals surface area contributed by atoms with Gasteiger partial charge in [0.2, 0.25) is 0 Å². The molecule has 0 aliphatic carbocycles. The summed E-state index contributed by atoms with van der Waals surface area (Å²) in [6, 6.07) is 9.88. The van der Waals surface area contributed by atoms with Crippen LogP contribution in [0.25, 0.3) is 0 Å². The summed E-state index contributed by atoms with van der Waals surface area (Å²) in [5.41, 5.74) is -0.213. The van der Waals surface area contributed by atoms with Gasteiger partial charge in [-0.3, -0.25) is 4.90 Å². The Morgan fingerprint density at radius 3 is 2.60 bits per heavy atom. The molecule has 1 aromatic heterocycles. The van der Waals surface area contributed by atoms with Crippen molar-refractivity contribution in [1.82, 2.24) is 19.7 Å². The first-order chi connectivity index (χ1) is 12.0. The van der Waals surface area contributed by atoms with Crippen LogP contribution in [0.1, 0.15) is 32.4 Å². The molecule has 0 bridgehead atoms. The Morgan fingerprint density at radius 2 is 1.92 bits per heavy atom. The minimum Gasteiger partial charge on any atom is -0.491 e.